The normalized spacial score (nSPS) is 14.4. The molecule has 3 heteroatoms. The Morgan fingerprint density at radius 2 is 1.88 bits per heavy atom. The molecule has 1 aromatic rings. The van der Waals surface area contributed by atoms with Gasteiger partial charge in [0.15, 0.2) is 0 Å². The van der Waals surface area contributed by atoms with Gasteiger partial charge in [-0.05, 0) is 37.6 Å². The zero-order valence-corrected chi connectivity index (χ0v) is 10.9. The van der Waals surface area contributed by atoms with Crippen molar-refractivity contribution >= 4 is 0 Å². The van der Waals surface area contributed by atoms with Gasteiger partial charge < -0.3 is 15.2 Å². The second-order valence-corrected chi connectivity index (χ2v) is 4.22. The first kappa shape index (κ1) is 14.0. The molecular weight excluding hydrogens is 214 g/mol. The summed E-state index contributed by atoms with van der Waals surface area (Å²) in [6.07, 6.45) is 0.338. The van der Waals surface area contributed by atoms with E-state index in [4.69, 9.17) is 4.74 Å². The topological polar surface area (TPSA) is 41.5 Å². The SMILES string of the molecule is CCNC(C)c1ccc(OCC(O)CC)cc1. The molecule has 0 saturated carbocycles. The maximum absolute atomic E-state index is 9.40. The van der Waals surface area contributed by atoms with Crippen molar-refractivity contribution in [2.24, 2.45) is 0 Å². The quantitative estimate of drug-likeness (QED) is 0.765. The van der Waals surface area contributed by atoms with Gasteiger partial charge in [-0.2, -0.15) is 0 Å². The molecule has 0 radical (unpaired) electrons. The Bertz CT molecular complexity index is 311. The largest absolute Gasteiger partial charge is 0.491 e. The third-order valence-electron chi connectivity index (χ3n) is 2.80. The molecule has 0 fully saturated rings. The van der Waals surface area contributed by atoms with Gasteiger partial charge in [-0.3, -0.25) is 0 Å². The summed E-state index contributed by atoms with van der Waals surface area (Å²) in [7, 11) is 0. The molecule has 2 atom stereocenters. The second kappa shape index (κ2) is 7.30. The Kier molecular flexibility index (Phi) is 6.01. The van der Waals surface area contributed by atoms with E-state index in [0.29, 0.717) is 12.6 Å². The first-order valence-corrected chi connectivity index (χ1v) is 6.31. The summed E-state index contributed by atoms with van der Waals surface area (Å²) in [5, 5.41) is 12.8. The average Bonchev–Trinajstić information content (AvgIpc) is 2.36. The molecule has 0 spiro atoms. The smallest absolute Gasteiger partial charge is 0.119 e. The van der Waals surface area contributed by atoms with Gasteiger partial charge >= 0.3 is 0 Å². The van der Waals surface area contributed by atoms with Crippen LogP contribution >= 0.6 is 0 Å². The van der Waals surface area contributed by atoms with Crippen LogP contribution in [-0.2, 0) is 0 Å². The molecule has 0 aromatic heterocycles. The Morgan fingerprint density at radius 1 is 1.24 bits per heavy atom. The molecule has 17 heavy (non-hydrogen) atoms. The van der Waals surface area contributed by atoms with Gasteiger partial charge in [0.2, 0.25) is 0 Å². The van der Waals surface area contributed by atoms with E-state index >= 15 is 0 Å². The van der Waals surface area contributed by atoms with Crippen molar-refractivity contribution in [2.45, 2.75) is 39.3 Å². The van der Waals surface area contributed by atoms with Crippen molar-refractivity contribution in [3.05, 3.63) is 29.8 Å². The van der Waals surface area contributed by atoms with E-state index in [1.807, 2.05) is 19.1 Å². The van der Waals surface area contributed by atoms with Crippen LogP contribution in [0.3, 0.4) is 0 Å². The van der Waals surface area contributed by atoms with Crippen molar-refractivity contribution in [2.75, 3.05) is 13.2 Å². The molecule has 0 aliphatic carbocycles. The van der Waals surface area contributed by atoms with Crippen LogP contribution in [0.4, 0.5) is 0 Å². The first-order valence-electron chi connectivity index (χ1n) is 6.31. The van der Waals surface area contributed by atoms with Gasteiger partial charge in [0.05, 0.1) is 6.10 Å². The third-order valence-corrected chi connectivity index (χ3v) is 2.80. The van der Waals surface area contributed by atoms with Crippen LogP contribution in [0.15, 0.2) is 24.3 Å². The minimum Gasteiger partial charge on any atom is -0.491 e. The van der Waals surface area contributed by atoms with Crippen molar-refractivity contribution in [3.63, 3.8) is 0 Å². The molecule has 0 heterocycles. The zero-order chi connectivity index (χ0) is 12.7. The predicted octanol–water partition coefficient (Wildman–Crippen LogP) is 2.51. The van der Waals surface area contributed by atoms with Gasteiger partial charge in [0, 0.05) is 6.04 Å². The third kappa shape index (κ3) is 4.75. The summed E-state index contributed by atoms with van der Waals surface area (Å²) in [4.78, 5) is 0. The molecule has 3 nitrogen and oxygen atoms in total. The molecule has 2 unspecified atom stereocenters. The van der Waals surface area contributed by atoms with Crippen LogP contribution in [-0.4, -0.2) is 24.4 Å². The molecule has 0 aliphatic heterocycles. The maximum Gasteiger partial charge on any atom is 0.119 e. The number of nitrogens with one attached hydrogen (secondary N) is 1. The fraction of sp³-hybridized carbons (Fsp3) is 0.571. The van der Waals surface area contributed by atoms with E-state index in [1.165, 1.54) is 5.56 Å². The second-order valence-electron chi connectivity index (χ2n) is 4.22. The van der Waals surface area contributed by atoms with Crippen molar-refractivity contribution in [1.82, 2.24) is 5.32 Å². The number of aliphatic hydroxyl groups is 1. The van der Waals surface area contributed by atoms with Crippen LogP contribution < -0.4 is 10.1 Å². The van der Waals surface area contributed by atoms with Gasteiger partial charge in [-0.1, -0.05) is 26.0 Å². The average molecular weight is 237 g/mol. The van der Waals surface area contributed by atoms with E-state index in [9.17, 15) is 5.11 Å². The molecule has 1 rings (SSSR count). The highest BCUT2D eigenvalue weighted by molar-refractivity contribution is 5.28. The van der Waals surface area contributed by atoms with E-state index < -0.39 is 0 Å². The molecule has 1 aromatic carbocycles. The van der Waals surface area contributed by atoms with Crippen LogP contribution in [0.2, 0.25) is 0 Å². The lowest BCUT2D eigenvalue weighted by atomic mass is 10.1. The highest BCUT2D eigenvalue weighted by Gasteiger charge is 2.05. The Labute approximate surface area is 104 Å². The fourth-order valence-corrected chi connectivity index (χ4v) is 1.59. The molecule has 0 aliphatic rings. The first-order chi connectivity index (χ1) is 8.17. The fourth-order valence-electron chi connectivity index (χ4n) is 1.59. The summed E-state index contributed by atoms with van der Waals surface area (Å²) in [6.45, 7) is 7.50. The van der Waals surface area contributed by atoms with E-state index in [-0.39, 0.29) is 6.10 Å². The number of benzene rings is 1. The van der Waals surface area contributed by atoms with E-state index in [0.717, 1.165) is 18.7 Å². The number of aliphatic hydroxyl groups excluding tert-OH is 1. The zero-order valence-electron chi connectivity index (χ0n) is 10.9. The summed E-state index contributed by atoms with van der Waals surface area (Å²) in [5.41, 5.74) is 1.25. The summed E-state index contributed by atoms with van der Waals surface area (Å²) < 4.78 is 5.48. The van der Waals surface area contributed by atoms with Crippen molar-refractivity contribution < 1.29 is 9.84 Å². The minimum atomic E-state index is -0.379. The number of ether oxygens (including phenoxy) is 1. The lowest BCUT2D eigenvalue weighted by Crippen LogP contribution is -2.18. The highest BCUT2D eigenvalue weighted by atomic mass is 16.5. The van der Waals surface area contributed by atoms with Gasteiger partial charge in [-0.15, -0.1) is 0 Å². The van der Waals surface area contributed by atoms with Crippen LogP contribution in [0.5, 0.6) is 5.75 Å². The molecule has 96 valence electrons. The lowest BCUT2D eigenvalue weighted by molar-refractivity contribution is 0.104. The monoisotopic (exact) mass is 237 g/mol. The molecule has 0 bridgehead atoms. The summed E-state index contributed by atoms with van der Waals surface area (Å²) in [5.74, 6) is 0.810. The Balaban J connectivity index is 2.50. The Hall–Kier alpha value is -1.06. The van der Waals surface area contributed by atoms with E-state index in [1.54, 1.807) is 0 Å². The van der Waals surface area contributed by atoms with Crippen molar-refractivity contribution in [3.8, 4) is 5.75 Å². The number of hydrogen-bond donors (Lipinski definition) is 2. The summed E-state index contributed by atoms with van der Waals surface area (Å²) >= 11 is 0. The van der Waals surface area contributed by atoms with Crippen LogP contribution in [0.25, 0.3) is 0 Å². The number of rotatable bonds is 7. The molecule has 2 N–H and O–H groups in total. The predicted molar refractivity (Wildman–Crippen MR) is 70.3 cm³/mol. The van der Waals surface area contributed by atoms with Crippen LogP contribution in [0, 0.1) is 0 Å². The van der Waals surface area contributed by atoms with E-state index in [2.05, 4.69) is 31.3 Å². The summed E-state index contributed by atoms with van der Waals surface area (Å²) in [6, 6.07) is 8.37. The Morgan fingerprint density at radius 3 is 2.41 bits per heavy atom. The minimum absolute atomic E-state index is 0.357. The van der Waals surface area contributed by atoms with Crippen molar-refractivity contribution in [1.29, 1.82) is 0 Å². The number of hydrogen-bond acceptors (Lipinski definition) is 3. The van der Waals surface area contributed by atoms with Gasteiger partial charge in [0.25, 0.3) is 0 Å². The maximum atomic E-state index is 9.40. The highest BCUT2D eigenvalue weighted by Crippen LogP contribution is 2.17. The standard InChI is InChI=1S/C14H23NO2/c1-4-13(16)10-17-14-8-6-12(7-9-14)11(3)15-5-2/h6-9,11,13,15-16H,4-5,10H2,1-3H3. The molecule has 0 amide bonds. The lowest BCUT2D eigenvalue weighted by Gasteiger charge is -2.14. The molecular formula is C14H23NO2. The van der Waals surface area contributed by atoms with Gasteiger partial charge in [0.1, 0.15) is 12.4 Å². The molecule has 0 saturated heterocycles. The van der Waals surface area contributed by atoms with Crippen LogP contribution in [0.1, 0.15) is 38.8 Å². The van der Waals surface area contributed by atoms with Gasteiger partial charge in [-0.25, -0.2) is 0 Å².